The van der Waals surface area contributed by atoms with E-state index in [4.69, 9.17) is 22.9 Å². The number of allylic oxidation sites excluding steroid dienone is 3. The first-order valence-electron chi connectivity index (χ1n) is 7.43. The predicted octanol–water partition coefficient (Wildman–Crippen LogP) is 1.29. The van der Waals surface area contributed by atoms with Crippen molar-refractivity contribution in [2.75, 3.05) is 0 Å². The van der Waals surface area contributed by atoms with E-state index in [1.807, 2.05) is 0 Å². The quantitative estimate of drug-likeness (QED) is 0.493. The van der Waals surface area contributed by atoms with E-state index in [1.54, 1.807) is 0 Å². The highest BCUT2D eigenvalue weighted by atomic mass is 16.3. The van der Waals surface area contributed by atoms with E-state index in [9.17, 15) is 5.11 Å². The van der Waals surface area contributed by atoms with Gasteiger partial charge in [0.2, 0.25) is 0 Å². The molecule has 3 aliphatic rings. The number of hydrogen-bond donors (Lipinski definition) is 5. The van der Waals surface area contributed by atoms with Crippen LogP contribution in [-0.2, 0) is 0 Å². The summed E-state index contributed by atoms with van der Waals surface area (Å²) in [4.78, 5) is 0. The SMILES string of the molecule is NC1=C(N)C(C2C(N)=C(N)C3CCCC3=C2O)CCC1. The maximum absolute atomic E-state index is 10.7. The van der Waals surface area contributed by atoms with Gasteiger partial charge in [0.25, 0.3) is 0 Å². The van der Waals surface area contributed by atoms with Crippen LogP contribution < -0.4 is 22.9 Å². The van der Waals surface area contributed by atoms with Crippen LogP contribution in [0.3, 0.4) is 0 Å². The minimum Gasteiger partial charge on any atom is -0.512 e. The van der Waals surface area contributed by atoms with Gasteiger partial charge >= 0.3 is 0 Å². The maximum atomic E-state index is 10.7. The Labute approximate surface area is 119 Å². The highest BCUT2D eigenvalue weighted by Crippen LogP contribution is 2.47. The van der Waals surface area contributed by atoms with Crippen LogP contribution >= 0.6 is 0 Å². The van der Waals surface area contributed by atoms with Gasteiger partial charge < -0.3 is 28.0 Å². The lowest BCUT2D eigenvalue weighted by molar-refractivity contribution is 0.268. The summed E-state index contributed by atoms with van der Waals surface area (Å²) >= 11 is 0. The monoisotopic (exact) mass is 276 g/mol. The summed E-state index contributed by atoms with van der Waals surface area (Å²) in [5.74, 6) is 0.244. The lowest BCUT2D eigenvalue weighted by Crippen LogP contribution is -2.37. The Hall–Kier alpha value is -1.78. The minimum absolute atomic E-state index is 0.0173. The Morgan fingerprint density at radius 2 is 1.55 bits per heavy atom. The highest BCUT2D eigenvalue weighted by molar-refractivity contribution is 5.39. The van der Waals surface area contributed by atoms with Crippen LogP contribution in [0, 0.1) is 17.8 Å². The fourth-order valence-corrected chi connectivity index (χ4v) is 4.03. The molecule has 0 bridgehead atoms. The molecule has 3 rings (SSSR count). The van der Waals surface area contributed by atoms with Crippen LogP contribution in [0.4, 0.5) is 0 Å². The normalized spacial score (nSPS) is 34.7. The van der Waals surface area contributed by atoms with Gasteiger partial charge in [0.05, 0.1) is 5.92 Å². The van der Waals surface area contributed by atoms with Crippen molar-refractivity contribution in [3.8, 4) is 0 Å². The molecule has 20 heavy (non-hydrogen) atoms. The molecule has 5 nitrogen and oxygen atoms in total. The molecular formula is C15H24N4O. The average molecular weight is 276 g/mol. The summed E-state index contributed by atoms with van der Waals surface area (Å²) in [5.41, 5.74) is 28.4. The second-order valence-electron chi connectivity index (χ2n) is 6.22. The number of hydrogen-bond acceptors (Lipinski definition) is 5. The number of aliphatic hydroxyl groups is 1. The summed E-state index contributed by atoms with van der Waals surface area (Å²) in [6.45, 7) is 0. The zero-order valence-electron chi connectivity index (χ0n) is 11.7. The predicted molar refractivity (Wildman–Crippen MR) is 78.6 cm³/mol. The molecule has 0 aliphatic heterocycles. The molecule has 0 aromatic carbocycles. The van der Waals surface area contributed by atoms with Gasteiger partial charge in [-0.3, -0.25) is 0 Å². The molecule has 0 amide bonds. The van der Waals surface area contributed by atoms with Gasteiger partial charge in [0.15, 0.2) is 0 Å². The van der Waals surface area contributed by atoms with E-state index < -0.39 is 0 Å². The van der Waals surface area contributed by atoms with Crippen molar-refractivity contribution in [3.63, 3.8) is 0 Å². The van der Waals surface area contributed by atoms with Crippen molar-refractivity contribution in [2.45, 2.75) is 38.5 Å². The molecule has 1 fully saturated rings. The Balaban J connectivity index is 2.04. The third-order valence-corrected chi connectivity index (χ3v) is 5.16. The van der Waals surface area contributed by atoms with Gasteiger partial charge in [0.1, 0.15) is 5.76 Å². The minimum atomic E-state index is -0.279. The topological polar surface area (TPSA) is 124 Å². The molecular weight excluding hydrogens is 252 g/mol. The molecule has 3 aliphatic carbocycles. The van der Waals surface area contributed by atoms with Crippen molar-refractivity contribution in [1.82, 2.24) is 0 Å². The molecule has 0 aromatic heterocycles. The first-order valence-corrected chi connectivity index (χ1v) is 7.43. The Bertz CT molecular complexity index is 532. The van der Waals surface area contributed by atoms with Crippen LogP contribution in [0.1, 0.15) is 38.5 Å². The molecule has 0 aromatic rings. The Morgan fingerprint density at radius 1 is 0.850 bits per heavy atom. The van der Waals surface area contributed by atoms with Gasteiger partial charge in [0, 0.05) is 34.6 Å². The molecule has 0 heterocycles. The van der Waals surface area contributed by atoms with Crippen LogP contribution in [0.15, 0.2) is 34.1 Å². The molecule has 1 saturated carbocycles. The van der Waals surface area contributed by atoms with Crippen LogP contribution in [0.25, 0.3) is 0 Å². The number of nitrogens with two attached hydrogens (primary N) is 4. The van der Waals surface area contributed by atoms with E-state index in [0.29, 0.717) is 17.2 Å². The van der Waals surface area contributed by atoms with Crippen molar-refractivity contribution in [1.29, 1.82) is 0 Å². The summed E-state index contributed by atoms with van der Waals surface area (Å²) < 4.78 is 0. The van der Waals surface area contributed by atoms with Gasteiger partial charge in [-0.25, -0.2) is 0 Å². The molecule has 0 saturated heterocycles. The number of fused-ring (bicyclic) bond motifs is 1. The summed E-state index contributed by atoms with van der Waals surface area (Å²) in [6.07, 6.45) is 5.65. The zero-order valence-corrected chi connectivity index (χ0v) is 11.7. The lowest BCUT2D eigenvalue weighted by Gasteiger charge is -2.36. The Kier molecular flexibility index (Phi) is 3.07. The molecule has 3 atom stereocenters. The van der Waals surface area contributed by atoms with E-state index >= 15 is 0 Å². The summed E-state index contributed by atoms with van der Waals surface area (Å²) in [7, 11) is 0. The Morgan fingerprint density at radius 3 is 2.30 bits per heavy atom. The number of aliphatic hydroxyl groups excluding tert-OH is 1. The van der Waals surface area contributed by atoms with Gasteiger partial charge in [-0.1, -0.05) is 0 Å². The third-order valence-electron chi connectivity index (χ3n) is 5.16. The van der Waals surface area contributed by atoms with E-state index in [-0.39, 0.29) is 17.8 Å². The standard InChI is InChI=1S/C15H24N4O/c16-10-6-2-5-9(12(10)17)11-14(19)13(18)7-3-1-4-8(7)15(11)20/h7,9,11,20H,1-6,16-19H2. The largest absolute Gasteiger partial charge is 0.512 e. The number of rotatable bonds is 1. The van der Waals surface area contributed by atoms with Gasteiger partial charge in [-0.15, -0.1) is 0 Å². The third kappa shape index (κ3) is 1.76. The van der Waals surface area contributed by atoms with Gasteiger partial charge in [-0.05, 0) is 44.1 Å². The van der Waals surface area contributed by atoms with E-state index in [0.717, 1.165) is 55.5 Å². The van der Waals surface area contributed by atoms with Crippen LogP contribution in [0.5, 0.6) is 0 Å². The fourth-order valence-electron chi connectivity index (χ4n) is 4.03. The van der Waals surface area contributed by atoms with Crippen LogP contribution in [0.2, 0.25) is 0 Å². The lowest BCUT2D eigenvalue weighted by atomic mass is 9.73. The molecule has 9 N–H and O–H groups in total. The summed E-state index contributed by atoms with van der Waals surface area (Å²) in [5, 5.41) is 10.7. The van der Waals surface area contributed by atoms with Crippen molar-refractivity contribution in [2.24, 2.45) is 40.7 Å². The average Bonchev–Trinajstić information content (AvgIpc) is 2.91. The van der Waals surface area contributed by atoms with E-state index in [1.165, 1.54) is 0 Å². The second kappa shape index (κ2) is 4.65. The van der Waals surface area contributed by atoms with Crippen molar-refractivity contribution >= 4 is 0 Å². The second-order valence-corrected chi connectivity index (χ2v) is 6.22. The zero-order chi connectivity index (χ0) is 14.4. The molecule has 110 valence electrons. The van der Waals surface area contributed by atoms with E-state index in [2.05, 4.69) is 0 Å². The maximum Gasteiger partial charge on any atom is 0.102 e. The van der Waals surface area contributed by atoms with Gasteiger partial charge in [-0.2, -0.15) is 0 Å². The summed E-state index contributed by atoms with van der Waals surface area (Å²) in [6, 6.07) is 0. The fraction of sp³-hybridized carbons (Fsp3) is 0.600. The highest BCUT2D eigenvalue weighted by Gasteiger charge is 2.41. The van der Waals surface area contributed by atoms with Crippen molar-refractivity contribution in [3.05, 3.63) is 34.1 Å². The smallest absolute Gasteiger partial charge is 0.102 e. The first kappa shape index (κ1) is 13.2. The molecule has 5 heteroatoms. The molecule has 0 radical (unpaired) electrons. The first-order chi connectivity index (χ1) is 9.52. The van der Waals surface area contributed by atoms with Crippen LogP contribution in [-0.4, -0.2) is 5.11 Å². The molecule has 0 spiro atoms. The van der Waals surface area contributed by atoms with Crippen molar-refractivity contribution < 1.29 is 5.11 Å². The molecule has 3 unspecified atom stereocenters.